The highest BCUT2D eigenvalue weighted by molar-refractivity contribution is 7.08. The van der Waals surface area contributed by atoms with E-state index in [4.69, 9.17) is 4.74 Å². The maximum absolute atomic E-state index is 5.34. The van der Waals surface area contributed by atoms with E-state index in [1.165, 1.54) is 11.9 Å². The lowest BCUT2D eigenvalue weighted by atomic mass is 10.1. The zero-order chi connectivity index (χ0) is 10.7. The van der Waals surface area contributed by atoms with Crippen molar-refractivity contribution < 1.29 is 4.74 Å². The van der Waals surface area contributed by atoms with Gasteiger partial charge in [-0.05, 0) is 24.8 Å². The second-order valence-electron chi connectivity index (χ2n) is 3.14. The van der Waals surface area contributed by atoms with Crippen LogP contribution in [0.3, 0.4) is 0 Å². The summed E-state index contributed by atoms with van der Waals surface area (Å²) in [4.78, 5) is 8.28. The molecular weight excluding hydrogens is 208 g/mol. The van der Waals surface area contributed by atoms with Gasteiger partial charge in [0.15, 0.2) is 0 Å². The summed E-state index contributed by atoms with van der Waals surface area (Å²) < 4.78 is 5.34. The second kappa shape index (κ2) is 4.40. The third-order valence-corrected chi connectivity index (χ3v) is 2.93. The summed E-state index contributed by atoms with van der Waals surface area (Å²) in [5, 5.41) is 4.20. The van der Waals surface area contributed by atoms with E-state index in [9.17, 15) is 0 Å². The molecule has 0 unspecified atom stereocenters. The van der Waals surface area contributed by atoms with Crippen molar-refractivity contribution in [3.63, 3.8) is 0 Å². The molecule has 2 heterocycles. The fourth-order valence-electron chi connectivity index (χ4n) is 1.34. The van der Waals surface area contributed by atoms with Crippen molar-refractivity contribution in [1.29, 1.82) is 0 Å². The molecule has 0 spiro atoms. The van der Waals surface area contributed by atoms with Gasteiger partial charge < -0.3 is 4.74 Å². The highest BCUT2D eigenvalue weighted by atomic mass is 32.1. The van der Waals surface area contributed by atoms with Gasteiger partial charge in [0.25, 0.3) is 0 Å². The maximum atomic E-state index is 5.34. The van der Waals surface area contributed by atoms with Crippen molar-refractivity contribution in [2.75, 3.05) is 6.61 Å². The van der Waals surface area contributed by atoms with Crippen LogP contribution in [-0.2, 0) is 0 Å². The highest BCUT2D eigenvalue weighted by Crippen LogP contribution is 2.26. The van der Waals surface area contributed by atoms with E-state index in [1.54, 1.807) is 11.3 Å². The summed E-state index contributed by atoms with van der Waals surface area (Å²) in [6.45, 7) is 4.64. The summed E-state index contributed by atoms with van der Waals surface area (Å²) >= 11 is 1.68. The summed E-state index contributed by atoms with van der Waals surface area (Å²) in [6, 6.07) is 1.87. The van der Waals surface area contributed by atoms with Crippen LogP contribution >= 0.6 is 11.3 Å². The van der Waals surface area contributed by atoms with Gasteiger partial charge in [-0.3, -0.25) is 0 Å². The molecule has 15 heavy (non-hydrogen) atoms. The van der Waals surface area contributed by atoms with Crippen molar-refractivity contribution in [1.82, 2.24) is 9.97 Å². The van der Waals surface area contributed by atoms with Gasteiger partial charge in [0, 0.05) is 17.0 Å². The Morgan fingerprint density at radius 1 is 1.33 bits per heavy atom. The van der Waals surface area contributed by atoms with Crippen LogP contribution in [-0.4, -0.2) is 16.6 Å². The van der Waals surface area contributed by atoms with E-state index in [0.717, 1.165) is 11.3 Å². The fourth-order valence-corrected chi connectivity index (χ4v) is 2.18. The summed E-state index contributed by atoms with van der Waals surface area (Å²) in [6.07, 6.45) is 1.54. The van der Waals surface area contributed by atoms with Gasteiger partial charge in [-0.1, -0.05) is 0 Å². The van der Waals surface area contributed by atoms with Crippen molar-refractivity contribution >= 4 is 11.3 Å². The van der Waals surface area contributed by atoms with E-state index in [2.05, 4.69) is 27.7 Å². The molecule has 0 aromatic carbocycles. The Labute approximate surface area is 92.8 Å². The lowest BCUT2D eigenvalue weighted by Crippen LogP contribution is -1.95. The number of nitrogens with zero attached hydrogens (tertiary/aromatic N) is 2. The SMILES string of the molecule is CCOc1cc(-c2cscc2C)ncn1. The van der Waals surface area contributed by atoms with Gasteiger partial charge in [-0.25, -0.2) is 9.97 Å². The molecule has 0 aliphatic rings. The molecule has 2 rings (SSSR count). The van der Waals surface area contributed by atoms with Crippen molar-refractivity contribution in [3.8, 4) is 17.1 Å². The molecular formula is C11H12N2OS. The maximum Gasteiger partial charge on any atom is 0.216 e. The third kappa shape index (κ3) is 2.15. The molecule has 78 valence electrons. The molecule has 0 fully saturated rings. The van der Waals surface area contributed by atoms with Crippen LogP contribution in [0, 0.1) is 6.92 Å². The zero-order valence-electron chi connectivity index (χ0n) is 8.73. The van der Waals surface area contributed by atoms with Crippen molar-refractivity contribution in [2.45, 2.75) is 13.8 Å². The first-order valence-corrected chi connectivity index (χ1v) is 5.73. The van der Waals surface area contributed by atoms with E-state index >= 15 is 0 Å². The predicted octanol–water partition coefficient (Wildman–Crippen LogP) is 2.91. The van der Waals surface area contributed by atoms with Crippen LogP contribution in [0.25, 0.3) is 11.3 Å². The van der Waals surface area contributed by atoms with Crippen LogP contribution in [0.5, 0.6) is 5.88 Å². The Bertz CT molecular complexity index is 453. The topological polar surface area (TPSA) is 35.0 Å². The number of rotatable bonds is 3. The molecule has 4 heteroatoms. The number of hydrogen-bond acceptors (Lipinski definition) is 4. The van der Waals surface area contributed by atoms with Crippen LogP contribution in [0.1, 0.15) is 12.5 Å². The molecule has 0 aliphatic carbocycles. The normalized spacial score (nSPS) is 10.3. The molecule has 2 aromatic rings. The van der Waals surface area contributed by atoms with Crippen molar-refractivity contribution in [3.05, 3.63) is 28.7 Å². The van der Waals surface area contributed by atoms with Gasteiger partial charge >= 0.3 is 0 Å². The zero-order valence-corrected chi connectivity index (χ0v) is 9.54. The summed E-state index contributed by atoms with van der Waals surface area (Å²) in [7, 11) is 0. The molecule has 0 N–H and O–H groups in total. The minimum absolute atomic E-state index is 0.624. The Morgan fingerprint density at radius 2 is 2.20 bits per heavy atom. The first-order valence-electron chi connectivity index (χ1n) is 4.79. The Balaban J connectivity index is 2.37. The number of ether oxygens (including phenoxy) is 1. The lowest BCUT2D eigenvalue weighted by Gasteiger charge is -2.03. The van der Waals surface area contributed by atoms with Crippen molar-refractivity contribution in [2.24, 2.45) is 0 Å². The minimum atomic E-state index is 0.624. The highest BCUT2D eigenvalue weighted by Gasteiger charge is 2.05. The van der Waals surface area contributed by atoms with Crippen LogP contribution in [0.2, 0.25) is 0 Å². The Kier molecular flexibility index (Phi) is 2.97. The van der Waals surface area contributed by atoms with Gasteiger partial charge in [-0.2, -0.15) is 11.3 Å². The van der Waals surface area contributed by atoms with Gasteiger partial charge in [-0.15, -0.1) is 0 Å². The third-order valence-electron chi connectivity index (χ3n) is 2.07. The number of thiophene rings is 1. The number of hydrogen-bond donors (Lipinski definition) is 0. The van der Waals surface area contributed by atoms with Crippen LogP contribution < -0.4 is 4.74 Å². The Hall–Kier alpha value is -1.42. The Morgan fingerprint density at radius 3 is 2.87 bits per heavy atom. The molecule has 0 aliphatic heterocycles. The summed E-state index contributed by atoms with van der Waals surface area (Å²) in [5.41, 5.74) is 3.32. The average molecular weight is 220 g/mol. The number of aryl methyl sites for hydroxylation is 1. The molecule has 0 radical (unpaired) electrons. The summed E-state index contributed by atoms with van der Waals surface area (Å²) in [5.74, 6) is 0.633. The monoisotopic (exact) mass is 220 g/mol. The van der Waals surface area contributed by atoms with E-state index in [-0.39, 0.29) is 0 Å². The first kappa shape index (κ1) is 10.1. The van der Waals surface area contributed by atoms with E-state index in [1.807, 2.05) is 13.0 Å². The van der Waals surface area contributed by atoms with E-state index in [0.29, 0.717) is 12.5 Å². The molecule has 0 amide bonds. The average Bonchev–Trinajstić information content (AvgIpc) is 2.65. The standard InChI is InChI=1S/C11H12N2OS/c1-3-14-11-4-10(12-7-13-11)9-6-15-5-8(9)2/h4-7H,3H2,1-2H3. The predicted molar refractivity (Wildman–Crippen MR) is 61.3 cm³/mol. The molecule has 2 aromatic heterocycles. The van der Waals surface area contributed by atoms with Gasteiger partial charge in [0.05, 0.1) is 12.3 Å². The smallest absolute Gasteiger partial charge is 0.216 e. The molecule has 3 nitrogen and oxygen atoms in total. The van der Waals surface area contributed by atoms with Gasteiger partial charge in [0.1, 0.15) is 6.33 Å². The van der Waals surface area contributed by atoms with Crippen LogP contribution in [0.15, 0.2) is 23.2 Å². The molecule has 0 saturated carbocycles. The largest absolute Gasteiger partial charge is 0.478 e. The van der Waals surface area contributed by atoms with Gasteiger partial charge in [0.2, 0.25) is 5.88 Å². The second-order valence-corrected chi connectivity index (χ2v) is 3.89. The minimum Gasteiger partial charge on any atom is -0.478 e. The first-order chi connectivity index (χ1) is 7.31. The van der Waals surface area contributed by atoms with Crippen LogP contribution in [0.4, 0.5) is 0 Å². The van der Waals surface area contributed by atoms with E-state index < -0.39 is 0 Å². The lowest BCUT2D eigenvalue weighted by molar-refractivity contribution is 0.326. The quantitative estimate of drug-likeness (QED) is 0.797. The number of aromatic nitrogens is 2. The molecule has 0 atom stereocenters. The molecule has 0 bridgehead atoms. The molecule has 0 saturated heterocycles. The fraction of sp³-hybridized carbons (Fsp3) is 0.273.